The first-order valence-electron chi connectivity index (χ1n) is 8.20. The Morgan fingerprint density at radius 2 is 2.35 bits per heavy atom. The molecular weight excluding hydrogens is 356 g/mol. The van der Waals surface area contributed by atoms with Gasteiger partial charge in [-0.25, -0.2) is 0 Å². The van der Waals surface area contributed by atoms with Crippen LogP contribution in [0.1, 0.15) is 37.2 Å². The Morgan fingerprint density at radius 3 is 3.13 bits per heavy atom. The van der Waals surface area contributed by atoms with E-state index in [1.165, 1.54) is 19.4 Å². The zero-order chi connectivity index (χ0) is 16.4. The van der Waals surface area contributed by atoms with Crippen LogP contribution in [0.4, 0.5) is 0 Å². The molecule has 1 unspecified atom stereocenters. The van der Waals surface area contributed by atoms with Crippen molar-refractivity contribution in [2.75, 3.05) is 19.6 Å². The maximum Gasteiger partial charge on any atom is 0.272 e. The summed E-state index contributed by atoms with van der Waals surface area (Å²) >= 11 is 3.44. The molecule has 2 heterocycles. The summed E-state index contributed by atoms with van der Waals surface area (Å²) in [7, 11) is 0. The summed E-state index contributed by atoms with van der Waals surface area (Å²) in [5, 5.41) is 11.0. The fourth-order valence-corrected chi connectivity index (χ4v) is 3.57. The minimum Gasteiger partial charge on any atom is -0.350 e. The fourth-order valence-electron chi connectivity index (χ4n) is 3.21. The van der Waals surface area contributed by atoms with E-state index in [2.05, 4.69) is 50.2 Å². The van der Waals surface area contributed by atoms with E-state index >= 15 is 0 Å². The number of H-pyrrole nitrogens is 1. The summed E-state index contributed by atoms with van der Waals surface area (Å²) in [5.41, 5.74) is 1.35. The van der Waals surface area contributed by atoms with Gasteiger partial charge in [-0.1, -0.05) is 15.9 Å². The van der Waals surface area contributed by atoms with Crippen LogP contribution in [0.5, 0.6) is 0 Å². The number of carbonyl (C=O) groups excluding carboxylic acids is 1. The average molecular weight is 379 g/mol. The SMILES string of the molecule is CC(C)N1CCCC(CNC(=O)c2n[nH]c3ccc(Br)cc23)C1. The Labute approximate surface area is 144 Å². The first-order chi connectivity index (χ1) is 11.0. The van der Waals surface area contributed by atoms with Gasteiger partial charge in [-0.15, -0.1) is 0 Å². The number of likely N-dealkylation sites (tertiary alicyclic amines) is 1. The summed E-state index contributed by atoms with van der Waals surface area (Å²) in [6.07, 6.45) is 2.38. The van der Waals surface area contributed by atoms with Gasteiger partial charge in [-0.05, 0) is 57.4 Å². The highest BCUT2D eigenvalue weighted by molar-refractivity contribution is 9.10. The van der Waals surface area contributed by atoms with E-state index in [4.69, 9.17) is 0 Å². The van der Waals surface area contributed by atoms with E-state index in [9.17, 15) is 4.79 Å². The summed E-state index contributed by atoms with van der Waals surface area (Å²) < 4.78 is 0.945. The Kier molecular flexibility index (Phi) is 5.02. The molecule has 23 heavy (non-hydrogen) atoms. The standard InChI is InChI=1S/C17H23BrN4O/c1-11(2)22-7-3-4-12(10-22)9-19-17(23)16-14-8-13(18)5-6-15(14)20-21-16/h5-6,8,11-12H,3-4,7,9-10H2,1-2H3,(H,19,23)(H,20,21). The van der Waals surface area contributed by atoms with Crippen LogP contribution >= 0.6 is 15.9 Å². The van der Waals surface area contributed by atoms with E-state index < -0.39 is 0 Å². The highest BCUT2D eigenvalue weighted by Crippen LogP contribution is 2.21. The zero-order valence-electron chi connectivity index (χ0n) is 13.6. The molecule has 0 radical (unpaired) electrons. The first kappa shape index (κ1) is 16.5. The van der Waals surface area contributed by atoms with Gasteiger partial charge in [0.2, 0.25) is 0 Å². The molecule has 1 fully saturated rings. The van der Waals surface area contributed by atoms with Crippen LogP contribution in [0.25, 0.3) is 10.9 Å². The summed E-state index contributed by atoms with van der Waals surface area (Å²) in [4.78, 5) is 15.0. The van der Waals surface area contributed by atoms with Gasteiger partial charge in [-0.2, -0.15) is 5.10 Å². The van der Waals surface area contributed by atoms with Crippen LogP contribution < -0.4 is 5.32 Å². The lowest BCUT2D eigenvalue weighted by molar-refractivity contribution is 0.0919. The number of nitrogens with zero attached hydrogens (tertiary/aromatic N) is 2. The molecule has 0 spiro atoms. The molecule has 1 atom stereocenters. The summed E-state index contributed by atoms with van der Waals surface area (Å²) in [5.74, 6) is 0.420. The molecule has 0 bridgehead atoms. The number of nitrogens with one attached hydrogen (secondary N) is 2. The van der Waals surface area contributed by atoms with Crippen molar-refractivity contribution in [2.45, 2.75) is 32.7 Å². The quantitative estimate of drug-likeness (QED) is 0.858. The van der Waals surface area contributed by atoms with Crippen molar-refractivity contribution in [3.8, 4) is 0 Å². The van der Waals surface area contributed by atoms with Gasteiger partial charge < -0.3 is 10.2 Å². The van der Waals surface area contributed by atoms with E-state index in [1.807, 2.05) is 18.2 Å². The van der Waals surface area contributed by atoms with Crippen LogP contribution in [0, 0.1) is 5.92 Å². The van der Waals surface area contributed by atoms with Crippen molar-refractivity contribution in [1.82, 2.24) is 20.4 Å². The highest BCUT2D eigenvalue weighted by atomic mass is 79.9. The molecule has 2 N–H and O–H groups in total. The molecule has 5 nitrogen and oxygen atoms in total. The van der Waals surface area contributed by atoms with E-state index in [0.717, 1.165) is 21.9 Å². The van der Waals surface area contributed by atoms with Crippen molar-refractivity contribution in [3.05, 3.63) is 28.4 Å². The number of halogens is 1. The number of fused-ring (bicyclic) bond motifs is 1. The second-order valence-corrected chi connectivity index (χ2v) is 7.48. The molecule has 3 rings (SSSR count). The van der Waals surface area contributed by atoms with Crippen molar-refractivity contribution in [2.24, 2.45) is 5.92 Å². The topological polar surface area (TPSA) is 61.0 Å². The fraction of sp³-hybridized carbons (Fsp3) is 0.529. The van der Waals surface area contributed by atoms with Gasteiger partial charge in [0.25, 0.3) is 5.91 Å². The number of benzene rings is 1. The molecule has 0 saturated carbocycles. The molecule has 1 aliphatic heterocycles. The maximum absolute atomic E-state index is 12.5. The first-order valence-corrected chi connectivity index (χ1v) is 9.00. The van der Waals surface area contributed by atoms with Gasteiger partial charge in [0.05, 0.1) is 5.52 Å². The van der Waals surface area contributed by atoms with Crippen molar-refractivity contribution in [3.63, 3.8) is 0 Å². The van der Waals surface area contributed by atoms with Crippen molar-refractivity contribution in [1.29, 1.82) is 0 Å². The second kappa shape index (κ2) is 7.01. The predicted octanol–water partition coefficient (Wildman–Crippen LogP) is 3.18. The Hall–Kier alpha value is -1.40. The van der Waals surface area contributed by atoms with Crippen molar-refractivity contribution >= 4 is 32.7 Å². The third kappa shape index (κ3) is 3.75. The number of rotatable bonds is 4. The molecular formula is C17H23BrN4O. The second-order valence-electron chi connectivity index (χ2n) is 6.57. The minimum atomic E-state index is -0.101. The van der Waals surface area contributed by atoms with Crippen LogP contribution in [0.2, 0.25) is 0 Å². The van der Waals surface area contributed by atoms with E-state index in [0.29, 0.717) is 24.2 Å². The monoisotopic (exact) mass is 378 g/mol. The lowest BCUT2D eigenvalue weighted by atomic mass is 9.97. The number of aromatic amines is 1. The number of aromatic nitrogens is 2. The molecule has 6 heteroatoms. The summed E-state index contributed by atoms with van der Waals surface area (Å²) in [6, 6.07) is 6.35. The third-order valence-corrected chi connectivity index (χ3v) is 5.07. The molecule has 1 aromatic heterocycles. The van der Waals surface area contributed by atoms with E-state index in [-0.39, 0.29) is 5.91 Å². The maximum atomic E-state index is 12.5. The van der Waals surface area contributed by atoms with E-state index in [1.54, 1.807) is 0 Å². The molecule has 124 valence electrons. The lowest BCUT2D eigenvalue weighted by Gasteiger charge is -2.35. The number of hydrogen-bond acceptors (Lipinski definition) is 3. The Balaban J connectivity index is 1.63. The molecule has 1 amide bonds. The number of carbonyl (C=O) groups is 1. The molecule has 0 aliphatic carbocycles. The van der Waals surface area contributed by atoms with Gasteiger partial charge >= 0.3 is 0 Å². The minimum absolute atomic E-state index is 0.101. The van der Waals surface area contributed by atoms with Crippen molar-refractivity contribution < 1.29 is 4.79 Å². The molecule has 1 aliphatic rings. The van der Waals surface area contributed by atoms with Gasteiger partial charge in [-0.3, -0.25) is 9.89 Å². The highest BCUT2D eigenvalue weighted by Gasteiger charge is 2.23. The Morgan fingerprint density at radius 1 is 1.52 bits per heavy atom. The average Bonchev–Trinajstić information content (AvgIpc) is 2.96. The largest absolute Gasteiger partial charge is 0.350 e. The number of hydrogen-bond donors (Lipinski definition) is 2. The summed E-state index contributed by atoms with van der Waals surface area (Å²) in [6.45, 7) is 7.40. The predicted molar refractivity (Wildman–Crippen MR) is 95.6 cm³/mol. The van der Waals surface area contributed by atoms with Crippen LogP contribution in [0.15, 0.2) is 22.7 Å². The third-order valence-electron chi connectivity index (χ3n) is 4.57. The van der Waals surface area contributed by atoms with Crippen LogP contribution in [-0.2, 0) is 0 Å². The van der Waals surface area contributed by atoms with Gasteiger partial charge in [0, 0.05) is 29.0 Å². The normalized spacial score (nSPS) is 19.4. The Bertz CT molecular complexity index is 697. The molecule has 1 saturated heterocycles. The smallest absolute Gasteiger partial charge is 0.272 e. The zero-order valence-corrected chi connectivity index (χ0v) is 15.2. The van der Waals surface area contributed by atoms with Gasteiger partial charge in [0.1, 0.15) is 0 Å². The lowest BCUT2D eigenvalue weighted by Crippen LogP contribution is -2.43. The molecule has 1 aromatic carbocycles. The number of amides is 1. The van der Waals surface area contributed by atoms with Crippen LogP contribution in [-0.4, -0.2) is 46.7 Å². The number of piperidine rings is 1. The van der Waals surface area contributed by atoms with Gasteiger partial charge in [0.15, 0.2) is 5.69 Å². The molecule has 2 aromatic rings. The van der Waals surface area contributed by atoms with Crippen LogP contribution in [0.3, 0.4) is 0 Å².